The first-order valence-corrected chi connectivity index (χ1v) is 13.7. The number of likely N-dealkylation sites (tertiary alicyclic amines) is 1. The fraction of sp³-hybridized carbons (Fsp3) is 0.720. The normalized spacial score (nSPS) is 24.2. The highest BCUT2D eigenvalue weighted by atomic mass is 16.6. The third kappa shape index (κ3) is 6.06. The molecular formula is C25H40N8O5. The quantitative estimate of drug-likeness (QED) is 0.273. The van der Waals surface area contributed by atoms with Gasteiger partial charge in [-0.2, -0.15) is 0 Å². The fourth-order valence-electron chi connectivity index (χ4n) is 4.96. The van der Waals surface area contributed by atoms with Crippen molar-refractivity contribution in [3.8, 4) is 0 Å². The molecule has 2 aromatic heterocycles. The summed E-state index contributed by atoms with van der Waals surface area (Å²) in [6, 6.07) is 0.102. The third-order valence-corrected chi connectivity index (χ3v) is 7.24. The van der Waals surface area contributed by atoms with Crippen molar-refractivity contribution in [3.05, 3.63) is 12.2 Å². The SMILES string of the molecule is CCNC(=O)C1OC(n2cnc3c(NC(CC)CC)nc(C(=O)NCCN4CCCCC4)nc32)C(O)C1O. The van der Waals surface area contributed by atoms with E-state index in [-0.39, 0.29) is 17.5 Å². The van der Waals surface area contributed by atoms with E-state index in [0.717, 1.165) is 32.5 Å². The van der Waals surface area contributed by atoms with Gasteiger partial charge < -0.3 is 35.8 Å². The lowest BCUT2D eigenvalue weighted by molar-refractivity contribution is -0.137. The molecule has 4 unspecified atom stereocenters. The van der Waals surface area contributed by atoms with E-state index in [1.54, 1.807) is 6.92 Å². The Bertz CT molecular complexity index is 1100. The molecule has 0 bridgehead atoms. The molecule has 4 heterocycles. The van der Waals surface area contributed by atoms with E-state index in [4.69, 9.17) is 4.74 Å². The lowest BCUT2D eigenvalue weighted by Gasteiger charge is -2.26. The maximum Gasteiger partial charge on any atom is 0.289 e. The van der Waals surface area contributed by atoms with Gasteiger partial charge in [-0.15, -0.1) is 0 Å². The molecular weight excluding hydrogens is 492 g/mol. The molecule has 13 nitrogen and oxygen atoms in total. The second kappa shape index (κ2) is 12.8. The molecule has 0 saturated carbocycles. The van der Waals surface area contributed by atoms with Crippen LogP contribution in [0.25, 0.3) is 11.2 Å². The van der Waals surface area contributed by atoms with E-state index in [1.807, 2.05) is 0 Å². The minimum Gasteiger partial charge on any atom is -0.387 e. The van der Waals surface area contributed by atoms with Crippen LogP contribution in [0, 0.1) is 0 Å². The summed E-state index contributed by atoms with van der Waals surface area (Å²) in [5.74, 6) is -0.584. The summed E-state index contributed by atoms with van der Waals surface area (Å²) in [5.41, 5.74) is 0.649. The van der Waals surface area contributed by atoms with Crippen molar-refractivity contribution in [2.24, 2.45) is 0 Å². The summed E-state index contributed by atoms with van der Waals surface area (Å²) < 4.78 is 7.21. The molecule has 4 atom stereocenters. The zero-order valence-corrected chi connectivity index (χ0v) is 22.4. The van der Waals surface area contributed by atoms with Gasteiger partial charge in [0.15, 0.2) is 29.3 Å². The van der Waals surface area contributed by atoms with Crippen molar-refractivity contribution < 1.29 is 24.5 Å². The number of imidazole rings is 1. The van der Waals surface area contributed by atoms with Crippen molar-refractivity contribution in [2.45, 2.75) is 83.5 Å². The average Bonchev–Trinajstić information content (AvgIpc) is 3.48. The number of nitrogens with zero attached hydrogens (tertiary/aromatic N) is 5. The van der Waals surface area contributed by atoms with E-state index >= 15 is 0 Å². The van der Waals surface area contributed by atoms with E-state index in [1.165, 1.54) is 30.2 Å². The fourth-order valence-corrected chi connectivity index (χ4v) is 4.96. The van der Waals surface area contributed by atoms with Crippen LogP contribution in [-0.2, 0) is 9.53 Å². The van der Waals surface area contributed by atoms with Gasteiger partial charge in [0.2, 0.25) is 5.82 Å². The summed E-state index contributed by atoms with van der Waals surface area (Å²) in [5, 5.41) is 30.1. The number of likely N-dealkylation sites (N-methyl/N-ethyl adjacent to an activating group) is 1. The Kier molecular flexibility index (Phi) is 9.47. The molecule has 2 aromatic rings. The molecule has 2 aliphatic heterocycles. The van der Waals surface area contributed by atoms with Crippen LogP contribution in [0.2, 0.25) is 0 Å². The van der Waals surface area contributed by atoms with Gasteiger partial charge >= 0.3 is 0 Å². The van der Waals surface area contributed by atoms with Gasteiger partial charge in [0.25, 0.3) is 11.8 Å². The van der Waals surface area contributed by atoms with E-state index in [2.05, 4.69) is 49.6 Å². The van der Waals surface area contributed by atoms with Gasteiger partial charge in [-0.05, 0) is 45.7 Å². The van der Waals surface area contributed by atoms with Crippen LogP contribution in [0.3, 0.4) is 0 Å². The molecule has 0 aromatic carbocycles. The number of aromatic nitrogens is 4. The van der Waals surface area contributed by atoms with Gasteiger partial charge in [0.05, 0.1) is 6.33 Å². The van der Waals surface area contributed by atoms with Gasteiger partial charge in [0.1, 0.15) is 12.2 Å². The highest BCUT2D eigenvalue weighted by Crippen LogP contribution is 2.33. The number of nitrogens with one attached hydrogen (secondary N) is 3. The van der Waals surface area contributed by atoms with Gasteiger partial charge in [-0.1, -0.05) is 20.3 Å². The van der Waals surface area contributed by atoms with E-state index < -0.39 is 36.4 Å². The number of ether oxygens (including phenoxy) is 1. The monoisotopic (exact) mass is 532 g/mol. The lowest BCUT2D eigenvalue weighted by atomic mass is 10.1. The maximum atomic E-state index is 13.1. The number of aliphatic hydroxyl groups is 2. The summed E-state index contributed by atoms with van der Waals surface area (Å²) in [6.07, 6.45) is 1.45. The smallest absolute Gasteiger partial charge is 0.289 e. The highest BCUT2D eigenvalue weighted by molar-refractivity contribution is 5.94. The standard InChI is InChI=1S/C25H40N8O5/c1-4-15(5-2)29-20-16-22(31-21(30-20)24(37)27-10-13-32-11-8-7-9-12-32)33(14-28-16)25-18(35)17(34)19(38-25)23(36)26-6-3/h14-15,17-19,25,34-35H,4-13H2,1-3H3,(H,26,36)(H,27,37)(H,29,30,31). The van der Waals surface area contributed by atoms with Crippen molar-refractivity contribution in [1.29, 1.82) is 0 Å². The Morgan fingerprint density at radius 3 is 2.50 bits per heavy atom. The largest absolute Gasteiger partial charge is 0.387 e. The lowest BCUT2D eigenvalue weighted by Crippen LogP contribution is -2.42. The molecule has 38 heavy (non-hydrogen) atoms. The Balaban J connectivity index is 1.62. The molecule has 2 saturated heterocycles. The van der Waals surface area contributed by atoms with Crippen LogP contribution < -0.4 is 16.0 Å². The van der Waals surface area contributed by atoms with Crippen molar-refractivity contribution in [1.82, 2.24) is 35.1 Å². The number of fused-ring (bicyclic) bond motifs is 1. The molecule has 0 aliphatic carbocycles. The number of rotatable bonds is 11. The van der Waals surface area contributed by atoms with Crippen LogP contribution in [0.5, 0.6) is 0 Å². The highest BCUT2D eigenvalue weighted by Gasteiger charge is 2.47. The number of amides is 2. The van der Waals surface area contributed by atoms with Crippen LogP contribution in [0.1, 0.15) is 69.7 Å². The first-order valence-electron chi connectivity index (χ1n) is 13.7. The van der Waals surface area contributed by atoms with E-state index in [0.29, 0.717) is 24.4 Å². The average molecular weight is 533 g/mol. The molecule has 210 valence electrons. The van der Waals surface area contributed by atoms with Gasteiger partial charge in [-0.25, -0.2) is 15.0 Å². The molecule has 2 amide bonds. The second-order valence-electron chi connectivity index (χ2n) is 9.86. The van der Waals surface area contributed by atoms with Crippen molar-refractivity contribution >= 4 is 28.8 Å². The minimum atomic E-state index is -1.44. The Morgan fingerprint density at radius 2 is 1.82 bits per heavy atom. The number of anilines is 1. The number of carbonyl (C=O) groups is 2. The van der Waals surface area contributed by atoms with Crippen molar-refractivity contribution in [2.75, 3.05) is 38.0 Å². The third-order valence-electron chi connectivity index (χ3n) is 7.24. The molecule has 13 heteroatoms. The van der Waals surface area contributed by atoms with Gasteiger partial charge in [-0.3, -0.25) is 14.2 Å². The number of hydrogen-bond acceptors (Lipinski definition) is 10. The van der Waals surface area contributed by atoms with Crippen molar-refractivity contribution in [3.63, 3.8) is 0 Å². The predicted molar refractivity (Wildman–Crippen MR) is 141 cm³/mol. The first kappa shape index (κ1) is 28.1. The van der Waals surface area contributed by atoms with Gasteiger partial charge in [0, 0.05) is 25.7 Å². The summed E-state index contributed by atoms with van der Waals surface area (Å²) >= 11 is 0. The summed E-state index contributed by atoms with van der Waals surface area (Å²) in [6.45, 7) is 9.51. The molecule has 0 spiro atoms. The topological polar surface area (TPSA) is 167 Å². The minimum absolute atomic E-state index is 0.0420. The number of piperidine rings is 1. The number of hydrogen-bond donors (Lipinski definition) is 5. The van der Waals surface area contributed by atoms with Crippen LogP contribution >= 0.6 is 0 Å². The molecule has 4 rings (SSSR count). The van der Waals surface area contributed by atoms with Crippen LogP contribution in [-0.4, -0.2) is 104 Å². The number of carbonyl (C=O) groups excluding carboxylic acids is 2. The zero-order valence-electron chi connectivity index (χ0n) is 22.4. The molecule has 2 fully saturated rings. The maximum absolute atomic E-state index is 13.1. The molecule has 0 radical (unpaired) electrons. The van der Waals surface area contributed by atoms with E-state index in [9.17, 15) is 19.8 Å². The predicted octanol–water partition coefficient (Wildman–Crippen LogP) is 0.398. The summed E-state index contributed by atoms with van der Waals surface area (Å²) in [7, 11) is 0. The zero-order chi connectivity index (χ0) is 27.2. The Labute approximate surface area is 222 Å². The summed E-state index contributed by atoms with van der Waals surface area (Å²) in [4.78, 5) is 41.2. The Morgan fingerprint density at radius 1 is 1.08 bits per heavy atom. The Hall–Kier alpha value is -2.87. The van der Waals surface area contributed by atoms with Crippen LogP contribution in [0.4, 0.5) is 5.82 Å². The second-order valence-corrected chi connectivity index (χ2v) is 9.86. The number of aliphatic hydroxyl groups excluding tert-OH is 2. The first-order chi connectivity index (χ1) is 18.4. The van der Waals surface area contributed by atoms with Crippen LogP contribution in [0.15, 0.2) is 6.33 Å². The molecule has 5 N–H and O–H groups in total. The molecule has 2 aliphatic rings.